The number of non-ortho nitro benzene ring substituents is 1. The maximum atomic E-state index is 11.4. The van der Waals surface area contributed by atoms with Crippen LogP contribution >= 0.6 is 0 Å². The maximum absolute atomic E-state index is 11.4. The zero-order chi connectivity index (χ0) is 12.4. The van der Waals surface area contributed by atoms with E-state index in [1.54, 1.807) is 0 Å². The molecule has 1 unspecified atom stereocenters. The summed E-state index contributed by atoms with van der Waals surface area (Å²) in [6, 6.07) is 5.46. The molecule has 0 aliphatic carbocycles. The lowest BCUT2D eigenvalue weighted by atomic mass is 10.3. The lowest BCUT2D eigenvalue weighted by molar-refractivity contribution is -0.384. The van der Waals surface area contributed by atoms with Gasteiger partial charge in [-0.05, 0) is 12.1 Å². The van der Waals surface area contributed by atoms with Crippen LogP contribution in [0.5, 0.6) is 0 Å². The highest BCUT2D eigenvalue weighted by Gasteiger charge is 2.31. The van der Waals surface area contributed by atoms with Gasteiger partial charge in [-0.15, -0.1) is 0 Å². The van der Waals surface area contributed by atoms with E-state index in [0.29, 0.717) is 5.69 Å². The first-order chi connectivity index (χ1) is 8.11. The standard InChI is InChI=1S/C9H9N3O5/c1-16-8-10-11(9(13)17-8)6-2-4-7(5-3-6)12(14)15/h2-5,8,10H,1H3. The first-order valence-electron chi connectivity index (χ1n) is 4.66. The molecule has 1 saturated heterocycles. The summed E-state index contributed by atoms with van der Waals surface area (Å²) in [6.07, 6.45) is -1.48. The van der Waals surface area contributed by atoms with Crippen molar-refractivity contribution in [3.63, 3.8) is 0 Å². The molecule has 0 spiro atoms. The summed E-state index contributed by atoms with van der Waals surface area (Å²) in [5.74, 6) is 0. The van der Waals surface area contributed by atoms with Gasteiger partial charge in [0.1, 0.15) is 0 Å². The molecule has 0 radical (unpaired) electrons. The number of carbonyl (C=O) groups is 1. The van der Waals surface area contributed by atoms with Crippen LogP contribution in [-0.4, -0.2) is 24.5 Å². The minimum atomic E-state index is -0.849. The fourth-order valence-electron chi connectivity index (χ4n) is 1.33. The molecular formula is C9H9N3O5. The van der Waals surface area contributed by atoms with E-state index in [0.717, 1.165) is 5.01 Å². The molecule has 1 aliphatic rings. The van der Waals surface area contributed by atoms with Crippen LogP contribution in [-0.2, 0) is 9.47 Å². The molecule has 8 heteroatoms. The SMILES string of the molecule is COC1NN(c2ccc([N+](=O)[O-])cc2)C(=O)O1. The van der Waals surface area contributed by atoms with Gasteiger partial charge in [-0.1, -0.05) is 0 Å². The van der Waals surface area contributed by atoms with Gasteiger partial charge in [0.05, 0.1) is 10.6 Å². The number of benzene rings is 1. The number of rotatable bonds is 3. The zero-order valence-electron chi connectivity index (χ0n) is 8.82. The molecular weight excluding hydrogens is 230 g/mol. The van der Waals surface area contributed by atoms with E-state index in [1.165, 1.54) is 31.4 Å². The van der Waals surface area contributed by atoms with E-state index in [4.69, 9.17) is 9.47 Å². The van der Waals surface area contributed by atoms with E-state index in [-0.39, 0.29) is 5.69 Å². The van der Waals surface area contributed by atoms with Crippen molar-refractivity contribution in [2.75, 3.05) is 12.1 Å². The quantitative estimate of drug-likeness (QED) is 0.624. The van der Waals surface area contributed by atoms with Crippen LogP contribution in [0.15, 0.2) is 24.3 Å². The summed E-state index contributed by atoms with van der Waals surface area (Å²) in [6.45, 7) is 0. The Morgan fingerprint density at radius 1 is 1.47 bits per heavy atom. The highest BCUT2D eigenvalue weighted by molar-refractivity contribution is 5.88. The Balaban J connectivity index is 2.18. The highest BCUT2D eigenvalue weighted by atomic mass is 16.7. The van der Waals surface area contributed by atoms with E-state index in [9.17, 15) is 14.9 Å². The Morgan fingerprint density at radius 2 is 2.12 bits per heavy atom. The third-order valence-corrected chi connectivity index (χ3v) is 2.16. The lowest BCUT2D eigenvalue weighted by Gasteiger charge is -2.12. The maximum Gasteiger partial charge on any atom is 0.432 e. The molecule has 1 atom stereocenters. The summed E-state index contributed by atoms with van der Waals surface area (Å²) in [4.78, 5) is 21.3. The van der Waals surface area contributed by atoms with Gasteiger partial charge < -0.3 is 9.47 Å². The summed E-state index contributed by atoms with van der Waals surface area (Å²) in [7, 11) is 1.38. The summed E-state index contributed by atoms with van der Waals surface area (Å²) >= 11 is 0. The second-order valence-electron chi connectivity index (χ2n) is 3.19. The average Bonchev–Trinajstić information content (AvgIpc) is 2.71. The van der Waals surface area contributed by atoms with Crippen molar-refractivity contribution in [3.05, 3.63) is 34.4 Å². The third-order valence-electron chi connectivity index (χ3n) is 2.16. The summed E-state index contributed by atoms with van der Waals surface area (Å²) < 4.78 is 9.57. The molecule has 0 saturated carbocycles. The minimum absolute atomic E-state index is 0.0513. The second kappa shape index (κ2) is 4.36. The van der Waals surface area contributed by atoms with Crippen LogP contribution in [0.25, 0.3) is 0 Å². The number of nitrogens with one attached hydrogen (secondary N) is 1. The van der Waals surface area contributed by atoms with Crippen LogP contribution in [0, 0.1) is 10.1 Å². The van der Waals surface area contributed by atoms with E-state index < -0.39 is 17.4 Å². The number of hydrogen-bond acceptors (Lipinski definition) is 6. The van der Waals surface area contributed by atoms with Gasteiger partial charge >= 0.3 is 6.09 Å². The molecule has 0 aromatic heterocycles. The van der Waals surface area contributed by atoms with Gasteiger partial charge in [-0.3, -0.25) is 10.1 Å². The van der Waals surface area contributed by atoms with Gasteiger partial charge in [-0.2, -0.15) is 5.43 Å². The second-order valence-corrected chi connectivity index (χ2v) is 3.19. The van der Waals surface area contributed by atoms with Crippen LogP contribution in [0.3, 0.4) is 0 Å². The molecule has 1 amide bonds. The van der Waals surface area contributed by atoms with Crippen LogP contribution in [0.4, 0.5) is 16.2 Å². The van der Waals surface area contributed by atoms with Crippen molar-refractivity contribution in [3.8, 4) is 0 Å². The Hall–Kier alpha value is -2.19. The normalized spacial score (nSPS) is 19.2. The predicted molar refractivity (Wildman–Crippen MR) is 56.0 cm³/mol. The number of anilines is 1. The number of nitro benzene ring substituents is 1. The number of cyclic esters (lactones) is 1. The van der Waals surface area contributed by atoms with Gasteiger partial charge in [0.2, 0.25) is 0 Å². The Bertz CT molecular complexity index is 446. The number of ether oxygens (including phenoxy) is 2. The largest absolute Gasteiger partial charge is 0.432 e. The smallest absolute Gasteiger partial charge is 0.402 e. The van der Waals surface area contributed by atoms with Gasteiger partial charge in [0.25, 0.3) is 12.1 Å². The number of methoxy groups -OCH3 is 1. The molecule has 0 bridgehead atoms. The Morgan fingerprint density at radius 3 is 2.59 bits per heavy atom. The minimum Gasteiger partial charge on any atom is -0.402 e. The van der Waals surface area contributed by atoms with E-state index in [2.05, 4.69) is 5.43 Å². The first kappa shape index (κ1) is 11.3. The summed E-state index contributed by atoms with van der Waals surface area (Å²) in [5.41, 5.74) is 3.00. The number of amides is 1. The first-order valence-corrected chi connectivity index (χ1v) is 4.66. The highest BCUT2D eigenvalue weighted by Crippen LogP contribution is 2.21. The molecule has 1 fully saturated rings. The van der Waals surface area contributed by atoms with Crippen LogP contribution in [0.2, 0.25) is 0 Å². The van der Waals surface area contributed by atoms with Crippen molar-refractivity contribution in [2.24, 2.45) is 0 Å². The molecule has 1 aromatic rings. The molecule has 1 aliphatic heterocycles. The van der Waals surface area contributed by atoms with Crippen molar-refractivity contribution in [1.29, 1.82) is 0 Å². The van der Waals surface area contributed by atoms with Crippen LogP contribution in [0.1, 0.15) is 0 Å². The molecule has 1 N–H and O–H groups in total. The van der Waals surface area contributed by atoms with Crippen LogP contribution < -0.4 is 10.4 Å². The van der Waals surface area contributed by atoms with E-state index in [1.807, 2.05) is 0 Å². The van der Waals surface area contributed by atoms with E-state index >= 15 is 0 Å². The topological polar surface area (TPSA) is 93.9 Å². The Labute approximate surface area is 95.8 Å². The fourth-order valence-corrected chi connectivity index (χ4v) is 1.33. The zero-order valence-corrected chi connectivity index (χ0v) is 8.82. The van der Waals surface area contributed by atoms with Gasteiger partial charge in [0, 0.05) is 19.2 Å². The Kier molecular flexibility index (Phi) is 2.90. The molecule has 8 nitrogen and oxygen atoms in total. The monoisotopic (exact) mass is 239 g/mol. The predicted octanol–water partition coefficient (Wildman–Crippen LogP) is 0.986. The molecule has 17 heavy (non-hydrogen) atoms. The van der Waals surface area contributed by atoms with Crippen molar-refractivity contribution in [1.82, 2.24) is 5.43 Å². The number of nitro groups is 1. The number of nitrogens with zero attached hydrogens (tertiary/aromatic N) is 2. The molecule has 1 heterocycles. The molecule has 1 aromatic carbocycles. The average molecular weight is 239 g/mol. The lowest BCUT2D eigenvalue weighted by Crippen LogP contribution is -2.37. The molecule has 90 valence electrons. The van der Waals surface area contributed by atoms with Crippen molar-refractivity contribution >= 4 is 17.5 Å². The molecule has 2 rings (SSSR count). The number of hydrogen-bond donors (Lipinski definition) is 1. The van der Waals surface area contributed by atoms with Gasteiger partial charge in [-0.25, -0.2) is 9.80 Å². The van der Waals surface area contributed by atoms with Crippen molar-refractivity contribution < 1.29 is 19.2 Å². The number of carbonyl (C=O) groups excluding carboxylic acids is 1. The fraction of sp³-hybridized carbons (Fsp3) is 0.222. The van der Waals surface area contributed by atoms with Gasteiger partial charge in [0.15, 0.2) is 0 Å². The third kappa shape index (κ3) is 2.17. The van der Waals surface area contributed by atoms with Crippen molar-refractivity contribution in [2.45, 2.75) is 6.41 Å². The summed E-state index contributed by atoms with van der Waals surface area (Å²) in [5, 5.41) is 11.6. The number of hydrazine groups is 1.